The molecule has 0 saturated carbocycles. The predicted octanol–water partition coefficient (Wildman–Crippen LogP) is 3.59. The van der Waals surface area contributed by atoms with E-state index in [1.165, 1.54) is 4.90 Å². The molecule has 0 spiro atoms. The standard InChI is InChI=1S/C30H30N2O6/c33-18-19-8-10-20(11-9-19)27-15-24(17-31-13-12-23(34)16-31)37-30(38-27)21-4-3-5-22(14-21)32-28(35)25-6-1-2-7-26(25)29(32)36/h1-11,14,23-24,27,30,33-34H,12-13,15-18H2. The molecular weight excluding hydrogens is 484 g/mol. The molecule has 2 saturated heterocycles. The van der Waals surface area contributed by atoms with Crippen molar-refractivity contribution in [3.63, 3.8) is 0 Å². The molecule has 3 aliphatic heterocycles. The van der Waals surface area contributed by atoms with E-state index in [-0.39, 0.29) is 36.7 Å². The highest BCUT2D eigenvalue weighted by atomic mass is 16.7. The SMILES string of the molecule is O=C1c2ccccc2C(=O)N1c1cccc(C2OC(CN3CCC(O)C3)CC(c3ccc(CO)cc3)O2)c1. The number of imide groups is 1. The number of likely N-dealkylation sites (tertiary alicyclic amines) is 1. The summed E-state index contributed by atoms with van der Waals surface area (Å²) in [6.45, 7) is 2.08. The Hall–Kier alpha value is -3.40. The zero-order valence-electron chi connectivity index (χ0n) is 20.9. The molecule has 2 N–H and O–H groups in total. The zero-order chi connectivity index (χ0) is 26.2. The molecule has 6 rings (SSSR count). The number of ether oxygens (including phenoxy) is 2. The Kier molecular flexibility index (Phi) is 6.82. The Morgan fingerprint density at radius 3 is 2.26 bits per heavy atom. The summed E-state index contributed by atoms with van der Waals surface area (Å²) in [6.07, 6.45) is -0.0324. The maximum absolute atomic E-state index is 13.1. The summed E-state index contributed by atoms with van der Waals surface area (Å²) in [7, 11) is 0. The van der Waals surface area contributed by atoms with Crippen LogP contribution in [0, 0.1) is 0 Å². The van der Waals surface area contributed by atoms with Crippen molar-refractivity contribution in [3.05, 3.63) is 101 Å². The zero-order valence-corrected chi connectivity index (χ0v) is 20.9. The number of benzene rings is 3. The number of aliphatic hydroxyl groups is 2. The van der Waals surface area contributed by atoms with Crippen molar-refractivity contribution in [3.8, 4) is 0 Å². The number of hydrogen-bond acceptors (Lipinski definition) is 7. The van der Waals surface area contributed by atoms with Crippen molar-refractivity contribution in [2.75, 3.05) is 24.5 Å². The first-order valence-electron chi connectivity index (χ1n) is 13.0. The molecule has 8 nitrogen and oxygen atoms in total. The lowest BCUT2D eigenvalue weighted by Crippen LogP contribution is -2.38. The van der Waals surface area contributed by atoms with Gasteiger partial charge in [-0.05, 0) is 41.8 Å². The third-order valence-electron chi connectivity index (χ3n) is 7.52. The number of amides is 2. The van der Waals surface area contributed by atoms with Gasteiger partial charge in [0.05, 0.1) is 41.7 Å². The second-order valence-electron chi connectivity index (χ2n) is 10.1. The smallest absolute Gasteiger partial charge is 0.266 e. The van der Waals surface area contributed by atoms with E-state index in [4.69, 9.17) is 9.47 Å². The van der Waals surface area contributed by atoms with E-state index in [2.05, 4.69) is 4.90 Å². The number of rotatable bonds is 6. The van der Waals surface area contributed by atoms with Gasteiger partial charge in [-0.3, -0.25) is 14.5 Å². The molecule has 3 aromatic carbocycles. The number of anilines is 1. The van der Waals surface area contributed by atoms with Gasteiger partial charge in [-0.2, -0.15) is 0 Å². The van der Waals surface area contributed by atoms with Crippen LogP contribution in [0.25, 0.3) is 0 Å². The van der Waals surface area contributed by atoms with Crippen molar-refractivity contribution in [1.29, 1.82) is 0 Å². The second-order valence-corrected chi connectivity index (χ2v) is 10.1. The molecule has 2 amide bonds. The van der Waals surface area contributed by atoms with Crippen LogP contribution >= 0.6 is 0 Å². The molecule has 0 bridgehead atoms. The van der Waals surface area contributed by atoms with Crippen LogP contribution < -0.4 is 4.90 Å². The molecule has 0 aromatic heterocycles. The van der Waals surface area contributed by atoms with E-state index in [9.17, 15) is 19.8 Å². The maximum Gasteiger partial charge on any atom is 0.266 e. The quantitative estimate of drug-likeness (QED) is 0.485. The van der Waals surface area contributed by atoms with Gasteiger partial charge in [0.2, 0.25) is 0 Å². The van der Waals surface area contributed by atoms with Gasteiger partial charge in [0.25, 0.3) is 11.8 Å². The monoisotopic (exact) mass is 514 g/mol. The van der Waals surface area contributed by atoms with E-state index >= 15 is 0 Å². The summed E-state index contributed by atoms with van der Waals surface area (Å²) >= 11 is 0. The molecule has 38 heavy (non-hydrogen) atoms. The molecule has 3 heterocycles. The van der Waals surface area contributed by atoms with Crippen LogP contribution in [0.1, 0.15) is 62.6 Å². The normalized spacial score (nSPS) is 25.7. The highest BCUT2D eigenvalue weighted by molar-refractivity contribution is 6.34. The Morgan fingerprint density at radius 2 is 1.61 bits per heavy atom. The summed E-state index contributed by atoms with van der Waals surface area (Å²) < 4.78 is 12.9. The number of carbonyl (C=O) groups excluding carboxylic acids is 2. The van der Waals surface area contributed by atoms with Crippen LogP contribution in [0.5, 0.6) is 0 Å². The predicted molar refractivity (Wildman–Crippen MR) is 140 cm³/mol. The molecule has 3 aromatic rings. The number of fused-ring (bicyclic) bond motifs is 1. The average molecular weight is 515 g/mol. The van der Waals surface area contributed by atoms with Crippen molar-refractivity contribution in [1.82, 2.24) is 4.90 Å². The van der Waals surface area contributed by atoms with Crippen LogP contribution in [0.2, 0.25) is 0 Å². The summed E-state index contributed by atoms with van der Waals surface area (Å²) in [5, 5.41) is 19.4. The minimum absolute atomic E-state index is 0.0257. The van der Waals surface area contributed by atoms with E-state index in [0.29, 0.717) is 41.9 Å². The Bertz CT molecular complexity index is 1310. The second kappa shape index (κ2) is 10.4. The molecule has 8 heteroatoms. The van der Waals surface area contributed by atoms with E-state index in [0.717, 1.165) is 24.1 Å². The summed E-state index contributed by atoms with van der Waals surface area (Å²) in [5.41, 5.74) is 3.78. The van der Waals surface area contributed by atoms with Gasteiger partial charge in [0.15, 0.2) is 6.29 Å². The van der Waals surface area contributed by atoms with Crippen molar-refractivity contribution in [2.45, 2.75) is 44.1 Å². The number of hydrogen-bond donors (Lipinski definition) is 2. The first-order chi connectivity index (χ1) is 18.5. The van der Waals surface area contributed by atoms with Crippen molar-refractivity contribution < 1.29 is 29.3 Å². The molecular formula is C30H30N2O6. The lowest BCUT2D eigenvalue weighted by atomic mass is 9.99. The average Bonchev–Trinajstić information content (AvgIpc) is 3.47. The summed E-state index contributed by atoms with van der Waals surface area (Å²) in [5.74, 6) is -0.693. The van der Waals surface area contributed by atoms with E-state index < -0.39 is 6.29 Å². The topological polar surface area (TPSA) is 99.5 Å². The highest BCUT2D eigenvalue weighted by Gasteiger charge is 2.38. The minimum Gasteiger partial charge on any atom is -0.392 e. The number of aliphatic hydroxyl groups excluding tert-OH is 2. The molecule has 0 radical (unpaired) electrons. The van der Waals surface area contributed by atoms with Crippen LogP contribution in [0.3, 0.4) is 0 Å². The van der Waals surface area contributed by atoms with Gasteiger partial charge < -0.3 is 19.7 Å². The molecule has 2 fully saturated rings. The number of β-amino-alcohol motifs (C(OH)–C–C–N with tert-alkyl or cyclic N) is 1. The van der Waals surface area contributed by atoms with Gasteiger partial charge in [-0.25, -0.2) is 4.90 Å². The molecule has 4 unspecified atom stereocenters. The van der Waals surface area contributed by atoms with Gasteiger partial charge in [-0.15, -0.1) is 0 Å². The third-order valence-corrected chi connectivity index (χ3v) is 7.52. The molecule has 196 valence electrons. The minimum atomic E-state index is -0.709. The van der Waals surface area contributed by atoms with Gasteiger partial charge in [-0.1, -0.05) is 48.5 Å². The number of carbonyl (C=O) groups is 2. The molecule has 4 atom stereocenters. The Balaban J connectivity index is 1.28. The maximum atomic E-state index is 13.1. The van der Waals surface area contributed by atoms with Crippen LogP contribution in [0.15, 0.2) is 72.8 Å². The first-order valence-corrected chi connectivity index (χ1v) is 13.0. The van der Waals surface area contributed by atoms with Crippen LogP contribution in [0.4, 0.5) is 5.69 Å². The molecule has 3 aliphatic rings. The van der Waals surface area contributed by atoms with Crippen molar-refractivity contribution >= 4 is 17.5 Å². The van der Waals surface area contributed by atoms with Gasteiger partial charge in [0.1, 0.15) is 0 Å². The third kappa shape index (κ3) is 4.77. The fourth-order valence-electron chi connectivity index (χ4n) is 5.53. The van der Waals surface area contributed by atoms with Crippen molar-refractivity contribution in [2.24, 2.45) is 0 Å². The lowest BCUT2D eigenvalue weighted by molar-refractivity contribution is -0.252. The van der Waals surface area contributed by atoms with E-state index in [1.807, 2.05) is 30.3 Å². The highest BCUT2D eigenvalue weighted by Crippen LogP contribution is 2.40. The summed E-state index contributed by atoms with van der Waals surface area (Å²) in [6, 6.07) is 21.7. The lowest BCUT2D eigenvalue weighted by Gasteiger charge is -2.38. The number of nitrogens with zero attached hydrogens (tertiary/aromatic N) is 2. The van der Waals surface area contributed by atoms with Crippen LogP contribution in [-0.2, 0) is 16.1 Å². The van der Waals surface area contributed by atoms with Gasteiger partial charge >= 0.3 is 0 Å². The fraction of sp³-hybridized carbons (Fsp3) is 0.333. The largest absolute Gasteiger partial charge is 0.392 e. The Morgan fingerprint density at radius 1 is 0.868 bits per heavy atom. The summed E-state index contributed by atoms with van der Waals surface area (Å²) in [4.78, 5) is 29.5. The molecule has 0 aliphatic carbocycles. The first kappa shape index (κ1) is 24.9. The fourth-order valence-corrected chi connectivity index (χ4v) is 5.53. The van der Waals surface area contributed by atoms with Crippen LogP contribution in [-0.4, -0.2) is 58.8 Å². The van der Waals surface area contributed by atoms with Gasteiger partial charge in [0, 0.05) is 31.6 Å². The Labute approximate surface area is 221 Å². The van der Waals surface area contributed by atoms with E-state index in [1.54, 1.807) is 42.5 Å².